The van der Waals surface area contributed by atoms with E-state index in [9.17, 15) is 18.3 Å². The molecular weight excluding hydrogens is 345 g/mol. The maximum Gasteiger partial charge on any atom is 0.416 e. The van der Waals surface area contributed by atoms with Crippen LogP contribution in [0.1, 0.15) is 11.1 Å². The number of fused-ring (bicyclic) bond motifs is 1. The van der Waals surface area contributed by atoms with E-state index in [-0.39, 0.29) is 12.4 Å². The highest BCUT2D eigenvalue weighted by Crippen LogP contribution is 2.37. The van der Waals surface area contributed by atoms with Gasteiger partial charge in [0.05, 0.1) is 17.7 Å². The van der Waals surface area contributed by atoms with Crippen LogP contribution >= 0.6 is 0 Å². The second-order valence-corrected chi connectivity index (χ2v) is 6.13. The van der Waals surface area contributed by atoms with E-state index in [0.717, 1.165) is 28.6 Å². The van der Waals surface area contributed by atoms with Crippen molar-refractivity contribution in [1.29, 1.82) is 0 Å². The Kier molecular flexibility index (Phi) is 4.93. The van der Waals surface area contributed by atoms with E-state index in [4.69, 9.17) is 10.5 Å². The molecule has 1 unspecified atom stereocenters. The van der Waals surface area contributed by atoms with Gasteiger partial charge in [-0.3, -0.25) is 0 Å². The second kappa shape index (κ2) is 7.01. The fourth-order valence-corrected chi connectivity index (χ4v) is 2.95. The average Bonchev–Trinajstić information content (AvgIpc) is 2.87. The molecule has 0 fully saturated rings. The number of alkyl halides is 3. The standard InChI is InChI=1S/C19H19F3N2O2/c1-24-17-8-3-2-7-15(17)16(10-13(23)11-25)18(24)26-14-6-4-5-12(9-14)19(20,21)22/h2-9,13,25H,10-11,23H2,1H3. The number of ether oxygens (including phenoxy) is 1. The maximum absolute atomic E-state index is 12.9. The lowest BCUT2D eigenvalue weighted by atomic mass is 10.1. The van der Waals surface area contributed by atoms with Crippen molar-refractivity contribution in [3.05, 3.63) is 59.7 Å². The summed E-state index contributed by atoms with van der Waals surface area (Å²) in [5, 5.41) is 10.2. The summed E-state index contributed by atoms with van der Waals surface area (Å²) >= 11 is 0. The largest absolute Gasteiger partial charge is 0.441 e. The molecule has 0 spiro atoms. The molecule has 138 valence electrons. The Morgan fingerprint density at radius 3 is 2.58 bits per heavy atom. The molecule has 3 rings (SSSR count). The van der Waals surface area contributed by atoms with Crippen LogP contribution in [0.2, 0.25) is 0 Å². The zero-order valence-corrected chi connectivity index (χ0v) is 14.1. The van der Waals surface area contributed by atoms with Gasteiger partial charge in [0.25, 0.3) is 0 Å². The molecule has 1 aromatic heterocycles. The molecule has 26 heavy (non-hydrogen) atoms. The number of aliphatic hydroxyl groups is 1. The lowest BCUT2D eigenvalue weighted by Crippen LogP contribution is -2.26. The van der Waals surface area contributed by atoms with Gasteiger partial charge in [0, 0.05) is 24.0 Å². The van der Waals surface area contributed by atoms with Gasteiger partial charge in [-0.15, -0.1) is 0 Å². The fraction of sp³-hybridized carbons (Fsp3) is 0.263. The first-order valence-corrected chi connectivity index (χ1v) is 8.09. The first kappa shape index (κ1) is 18.3. The minimum Gasteiger partial charge on any atom is -0.441 e. The first-order chi connectivity index (χ1) is 12.3. The number of nitrogens with zero attached hydrogens (tertiary/aromatic N) is 1. The Hall–Kier alpha value is -2.51. The Bertz CT molecular complexity index is 919. The molecule has 7 heteroatoms. The predicted octanol–water partition coefficient (Wildman–Crippen LogP) is 3.85. The number of aliphatic hydroxyl groups excluding tert-OH is 1. The average molecular weight is 364 g/mol. The topological polar surface area (TPSA) is 60.4 Å². The zero-order valence-electron chi connectivity index (χ0n) is 14.1. The van der Waals surface area contributed by atoms with Gasteiger partial charge in [-0.05, 0) is 30.7 Å². The van der Waals surface area contributed by atoms with Crippen LogP contribution in [0.3, 0.4) is 0 Å². The molecule has 4 nitrogen and oxygen atoms in total. The molecule has 3 N–H and O–H groups in total. The van der Waals surface area contributed by atoms with E-state index in [1.54, 1.807) is 11.6 Å². The number of nitrogens with two attached hydrogens (primary N) is 1. The molecule has 0 saturated carbocycles. The van der Waals surface area contributed by atoms with E-state index < -0.39 is 17.8 Å². The van der Waals surface area contributed by atoms with Crippen LogP contribution in [0.5, 0.6) is 11.6 Å². The summed E-state index contributed by atoms with van der Waals surface area (Å²) in [5.41, 5.74) is 6.73. The summed E-state index contributed by atoms with van der Waals surface area (Å²) in [6, 6.07) is 11.8. The van der Waals surface area contributed by atoms with Crippen molar-refractivity contribution in [3.63, 3.8) is 0 Å². The van der Waals surface area contributed by atoms with Crippen molar-refractivity contribution < 1.29 is 23.0 Å². The molecule has 0 aliphatic carbocycles. The Morgan fingerprint density at radius 2 is 1.88 bits per heavy atom. The smallest absolute Gasteiger partial charge is 0.416 e. The summed E-state index contributed by atoms with van der Waals surface area (Å²) < 4.78 is 46.4. The van der Waals surface area contributed by atoms with Crippen molar-refractivity contribution in [3.8, 4) is 11.6 Å². The summed E-state index contributed by atoms with van der Waals surface area (Å²) in [6.07, 6.45) is -4.10. The molecule has 0 aliphatic heterocycles. The Labute approximate surface area is 148 Å². The molecule has 0 radical (unpaired) electrons. The van der Waals surface area contributed by atoms with Crippen molar-refractivity contribution in [2.75, 3.05) is 6.61 Å². The SMILES string of the molecule is Cn1c(Oc2cccc(C(F)(F)F)c2)c(CC(N)CO)c2ccccc21. The van der Waals surface area contributed by atoms with Crippen molar-refractivity contribution in [2.45, 2.75) is 18.6 Å². The number of rotatable bonds is 5. The number of hydrogen-bond acceptors (Lipinski definition) is 3. The van der Waals surface area contributed by atoms with Crippen molar-refractivity contribution >= 4 is 10.9 Å². The molecule has 2 aromatic carbocycles. The maximum atomic E-state index is 12.9. The summed E-state index contributed by atoms with van der Waals surface area (Å²) in [5.74, 6) is 0.499. The fourth-order valence-electron chi connectivity index (χ4n) is 2.95. The van der Waals surface area contributed by atoms with Gasteiger partial charge in [-0.2, -0.15) is 13.2 Å². The van der Waals surface area contributed by atoms with Gasteiger partial charge in [-0.1, -0.05) is 24.3 Å². The van der Waals surface area contributed by atoms with Crippen LogP contribution in [0, 0.1) is 0 Å². The normalized spacial score (nSPS) is 13.2. The first-order valence-electron chi connectivity index (χ1n) is 8.09. The minimum absolute atomic E-state index is 0.0875. The summed E-state index contributed by atoms with van der Waals surface area (Å²) in [6.45, 7) is -0.202. The number of halogens is 3. The lowest BCUT2D eigenvalue weighted by molar-refractivity contribution is -0.137. The van der Waals surface area contributed by atoms with Crippen LogP contribution in [0.25, 0.3) is 10.9 Å². The zero-order chi connectivity index (χ0) is 18.9. The van der Waals surface area contributed by atoms with Crippen LogP contribution < -0.4 is 10.5 Å². The third-order valence-corrected chi connectivity index (χ3v) is 4.23. The number of aromatic nitrogens is 1. The van der Waals surface area contributed by atoms with E-state index in [2.05, 4.69) is 0 Å². The Balaban J connectivity index is 2.07. The van der Waals surface area contributed by atoms with Crippen molar-refractivity contribution in [2.24, 2.45) is 12.8 Å². The van der Waals surface area contributed by atoms with Gasteiger partial charge in [0.2, 0.25) is 5.88 Å². The van der Waals surface area contributed by atoms with Crippen LogP contribution in [-0.4, -0.2) is 22.3 Å². The molecule has 1 atom stereocenters. The second-order valence-electron chi connectivity index (χ2n) is 6.13. The highest BCUT2D eigenvalue weighted by molar-refractivity contribution is 5.87. The number of aryl methyl sites for hydroxylation is 1. The van der Waals surface area contributed by atoms with E-state index >= 15 is 0 Å². The predicted molar refractivity (Wildman–Crippen MR) is 93.2 cm³/mol. The van der Waals surface area contributed by atoms with Gasteiger partial charge in [0.15, 0.2) is 0 Å². The third kappa shape index (κ3) is 3.54. The lowest BCUT2D eigenvalue weighted by Gasteiger charge is -2.14. The van der Waals surface area contributed by atoms with Crippen molar-refractivity contribution in [1.82, 2.24) is 4.57 Å². The Morgan fingerprint density at radius 1 is 1.15 bits per heavy atom. The highest BCUT2D eigenvalue weighted by Gasteiger charge is 2.31. The molecule has 1 heterocycles. The molecule has 0 aliphatic rings. The number of hydrogen-bond donors (Lipinski definition) is 2. The van der Waals surface area contributed by atoms with E-state index in [0.29, 0.717) is 12.3 Å². The quantitative estimate of drug-likeness (QED) is 0.723. The highest BCUT2D eigenvalue weighted by atomic mass is 19.4. The van der Waals surface area contributed by atoms with Crippen LogP contribution in [-0.2, 0) is 19.6 Å². The van der Waals surface area contributed by atoms with E-state index in [1.165, 1.54) is 12.1 Å². The van der Waals surface area contributed by atoms with Gasteiger partial charge >= 0.3 is 6.18 Å². The van der Waals surface area contributed by atoms with E-state index in [1.807, 2.05) is 24.3 Å². The summed E-state index contributed by atoms with van der Waals surface area (Å²) in [7, 11) is 1.78. The van der Waals surface area contributed by atoms with Gasteiger partial charge < -0.3 is 20.1 Å². The van der Waals surface area contributed by atoms with Crippen LogP contribution in [0.15, 0.2) is 48.5 Å². The molecule has 0 bridgehead atoms. The van der Waals surface area contributed by atoms with Crippen LogP contribution in [0.4, 0.5) is 13.2 Å². The summed E-state index contributed by atoms with van der Waals surface area (Å²) in [4.78, 5) is 0. The molecular formula is C19H19F3N2O2. The molecule has 3 aromatic rings. The molecule has 0 saturated heterocycles. The van der Waals surface area contributed by atoms with Gasteiger partial charge in [0.1, 0.15) is 5.75 Å². The molecule has 0 amide bonds. The van der Waals surface area contributed by atoms with Gasteiger partial charge in [-0.25, -0.2) is 0 Å². The minimum atomic E-state index is -4.44. The third-order valence-electron chi connectivity index (χ3n) is 4.23. The number of benzene rings is 2. The monoisotopic (exact) mass is 364 g/mol. The number of para-hydroxylation sites is 1.